The molecule has 0 spiro atoms. The van der Waals surface area contributed by atoms with Gasteiger partial charge in [-0.1, -0.05) is 12.1 Å². The molecule has 7 nitrogen and oxygen atoms in total. The summed E-state index contributed by atoms with van der Waals surface area (Å²) in [7, 11) is -2.69. The summed E-state index contributed by atoms with van der Waals surface area (Å²) in [5, 5.41) is 5.67. The molecule has 2 aromatic heterocycles. The maximum absolute atomic E-state index is 12.7. The number of hydrogen-bond donors (Lipinski definition) is 1. The minimum absolute atomic E-state index is 0.0126. The third-order valence-electron chi connectivity index (χ3n) is 3.64. The molecule has 0 aliphatic heterocycles. The van der Waals surface area contributed by atoms with Crippen LogP contribution in [-0.4, -0.2) is 36.5 Å². The van der Waals surface area contributed by atoms with Crippen molar-refractivity contribution in [2.24, 2.45) is 5.14 Å². The first-order valence-electron chi connectivity index (χ1n) is 7.23. The number of primary sulfonamides is 1. The molecule has 138 valence electrons. The second kappa shape index (κ2) is 6.89. The quantitative estimate of drug-likeness (QED) is 0.649. The van der Waals surface area contributed by atoms with Crippen molar-refractivity contribution in [2.45, 2.75) is 17.7 Å². The number of halogens is 3. The number of alkyl halides is 2. The van der Waals surface area contributed by atoms with Gasteiger partial charge in [0, 0.05) is 34.2 Å². The first kappa shape index (κ1) is 18.7. The number of sulfonamides is 1. The molecule has 0 amide bonds. The minimum atomic E-state index is -4.00. The fourth-order valence-electron chi connectivity index (χ4n) is 2.58. The first-order chi connectivity index (χ1) is 12.2. The summed E-state index contributed by atoms with van der Waals surface area (Å²) in [5.74, 6) is 0.0491. The maximum Gasteiger partial charge on any atom is 0.242 e. The highest BCUT2D eigenvalue weighted by molar-refractivity contribution is 9.10. The van der Waals surface area contributed by atoms with Crippen LogP contribution in [0, 0.1) is 0 Å². The maximum atomic E-state index is 12.7. The van der Waals surface area contributed by atoms with E-state index in [9.17, 15) is 17.2 Å². The predicted molar refractivity (Wildman–Crippen MR) is 94.2 cm³/mol. The number of benzene rings is 1. The lowest BCUT2D eigenvalue weighted by molar-refractivity contribution is 0.147. The molecule has 0 saturated heterocycles. The molecule has 0 aliphatic rings. The van der Waals surface area contributed by atoms with Crippen LogP contribution in [0.4, 0.5) is 8.78 Å². The van der Waals surface area contributed by atoms with Gasteiger partial charge in [0.25, 0.3) is 0 Å². The van der Waals surface area contributed by atoms with Gasteiger partial charge in [-0.2, -0.15) is 4.98 Å². The highest BCUT2D eigenvalue weighted by Crippen LogP contribution is 2.32. The van der Waals surface area contributed by atoms with Crippen LogP contribution in [0.3, 0.4) is 0 Å². The van der Waals surface area contributed by atoms with Crippen LogP contribution in [0.15, 0.2) is 40.0 Å². The van der Waals surface area contributed by atoms with Crippen LogP contribution in [-0.2, 0) is 16.4 Å². The van der Waals surface area contributed by atoms with E-state index < -0.39 is 22.9 Å². The summed E-state index contributed by atoms with van der Waals surface area (Å²) in [6.07, 6.45) is -0.616. The first-order valence-corrected chi connectivity index (χ1v) is 9.57. The Labute approximate surface area is 156 Å². The van der Waals surface area contributed by atoms with E-state index >= 15 is 0 Å². The Morgan fingerprint density at radius 1 is 1.38 bits per heavy atom. The average molecular weight is 447 g/mol. The fraction of sp³-hybridized carbons (Fsp3) is 0.200. The van der Waals surface area contributed by atoms with Crippen LogP contribution in [0.5, 0.6) is 5.88 Å². The Morgan fingerprint density at radius 2 is 2.12 bits per heavy atom. The van der Waals surface area contributed by atoms with Crippen LogP contribution in [0.25, 0.3) is 16.9 Å². The van der Waals surface area contributed by atoms with Crippen molar-refractivity contribution in [1.82, 2.24) is 14.5 Å². The van der Waals surface area contributed by atoms with Gasteiger partial charge in [0.05, 0.1) is 12.6 Å². The molecule has 2 N–H and O–H groups in total. The number of hydrogen-bond acceptors (Lipinski definition) is 5. The van der Waals surface area contributed by atoms with Gasteiger partial charge < -0.3 is 4.74 Å². The van der Waals surface area contributed by atoms with Gasteiger partial charge in [0.2, 0.25) is 28.3 Å². The largest absolute Gasteiger partial charge is 0.481 e. The van der Waals surface area contributed by atoms with Crippen molar-refractivity contribution in [3.63, 3.8) is 0 Å². The van der Waals surface area contributed by atoms with Gasteiger partial charge in [-0.25, -0.2) is 27.3 Å². The topological polar surface area (TPSA) is 100 Å². The third kappa shape index (κ3) is 3.41. The van der Waals surface area contributed by atoms with Gasteiger partial charge in [-0.3, -0.25) is 4.57 Å². The molecule has 0 bridgehead atoms. The lowest BCUT2D eigenvalue weighted by atomic mass is 10.2. The smallest absolute Gasteiger partial charge is 0.242 e. The number of ether oxygens (including phenoxy) is 1. The van der Waals surface area contributed by atoms with E-state index in [1.807, 2.05) is 0 Å². The third-order valence-corrected chi connectivity index (χ3v) is 5.22. The van der Waals surface area contributed by atoms with E-state index in [4.69, 9.17) is 9.88 Å². The Bertz CT molecular complexity index is 1090. The average Bonchev–Trinajstić information content (AvgIpc) is 2.96. The summed E-state index contributed by atoms with van der Waals surface area (Å²) < 4.78 is 56.2. The van der Waals surface area contributed by atoms with Crippen LogP contribution in [0.1, 0.15) is 5.56 Å². The number of methoxy groups -OCH3 is 1. The SMILES string of the molecule is COc1nc(-n2cc(S(N)(=O)=O)c3cccc(Br)c32)ncc1CC(F)F. The molecule has 11 heteroatoms. The zero-order chi connectivity index (χ0) is 19.1. The van der Waals surface area contributed by atoms with E-state index in [0.717, 1.165) is 0 Å². The van der Waals surface area contributed by atoms with Crippen molar-refractivity contribution in [3.05, 3.63) is 40.6 Å². The fourth-order valence-corrected chi connectivity index (χ4v) is 3.86. The molecule has 1 aromatic carbocycles. The molecule has 0 unspecified atom stereocenters. The molecule has 3 aromatic rings. The summed E-state index contributed by atoms with van der Waals surface area (Å²) in [5.41, 5.74) is 0.619. The second-order valence-electron chi connectivity index (χ2n) is 5.34. The van der Waals surface area contributed by atoms with Crippen molar-refractivity contribution in [1.29, 1.82) is 0 Å². The predicted octanol–water partition coefficient (Wildman–Crippen LogP) is 2.65. The zero-order valence-electron chi connectivity index (χ0n) is 13.4. The molecule has 2 heterocycles. The molecule has 0 fully saturated rings. The molecule has 26 heavy (non-hydrogen) atoms. The number of para-hydroxylation sites is 1. The Kier molecular flexibility index (Phi) is 4.95. The number of fused-ring (bicyclic) bond motifs is 1. The van der Waals surface area contributed by atoms with Crippen LogP contribution in [0.2, 0.25) is 0 Å². The van der Waals surface area contributed by atoms with E-state index in [1.165, 1.54) is 24.1 Å². The number of aromatic nitrogens is 3. The monoisotopic (exact) mass is 446 g/mol. The van der Waals surface area contributed by atoms with Crippen molar-refractivity contribution < 1.29 is 21.9 Å². The Morgan fingerprint density at radius 3 is 2.73 bits per heavy atom. The molecular weight excluding hydrogens is 434 g/mol. The van der Waals surface area contributed by atoms with Gasteiger partial charge in [-0.15, -0.1) is 0 Å². The Balaban J connectivity index is 2.26. The standard InChI is InChI=1S/C15H13BrF2N4O3S/c1-25-14-8(5-12(17)18)6-20-15(21-14)22-7-11(26(19,23)24)9-3-2-4-10(16)13(9)22/h2-4,6-7,12H,5H2,1H3,(H2,19,23,24). The van der Waals surface area contributed by atoms with E-state index in [1.54, 1.807) is 18.2 Å². The molecule has 0 saturated carbocycles. The highest BCUT2D eigenvalue weighted by atomic mass is 79.9. The summed E-state index contributed by atoms with van der Waals surface area (Å²) in [6, 6.07) is 4.98. The summed E-state index contributed by atoms with van der Waals surface area (Å²) >= 11 is 3.37. The number of nitrogens with two attached hydrogens (primary N) is 1. The van der Waals surface area contributed by atoms with Gasteiger partial charge in [0.1, 0.15) is 4.90 Å². The zero-order valence-corrected chi connectivity index (χ0v) is 15.8. The highest BCUT2D eigenvalue weighted by Gasteiger charge is 2.22. The molecule has 0 aliphatic carbocycles. The normalized spacial score (nSPS) is 12.1. The van der Waals surface area contributed by atoms with Gasteiger partial charge >= 0.3 is 0 Å². The van der Waals surface area contributed by atoms with Crippen molar-refractivity contribution in [3.8, 4) is 11.8 Å². The molecule has 0 radical (unpaired) electrons. The van der Waals surface area contributed by atoms with Crippen molar-refractivity contribution >= 4 is 36.9 Å². The van der Waals surface area contributed by atoms with E-state index in [0.29, 0.717) is 15.4 Å². The molecule has 0 atom stereocenters. The summed E-state index contributed by atoms with van der Waals surface area (Å²) in [4.78, 5) is 8.12. The number of nitrogens with zero attached hydrogens (tertiary/aromatic N) is 3. The molecule has 3 rings (SSSR count). The summed E-state index contributed by atoms with van der Waals surface area (Å²) in [6.45, 7) is 0. The lowest BCUT2D eigenvalue weighted by Gasteiger charge is -2.10. The van der Waals surface area contributed by atoms with Gasteiger partial charge in [0.15, 0.2) is 0 Å². The van der Waals surface area contributed by atoms with Crippen LogP contribution >= 0.6 is 15.9 Å². The van der Waals surface area contributed by atoms with Gasteiger partial charge in [-0.05, 0) is 22.0 Å². The lowest BCUT2D eigenvalue weighted by Crippen LogP contribution is -2.11. The molecular formula is C15H13BrF2N4O3S. The van der Waals surface area contributed by atoms with Crippen LogP contribution < -0.4 is 9.88 Å². The van der Waals surface area contributed by atoms with E-state index in [-0.39, 0.29) is 22.3 Å². The second-order valence-corrected chi connectivity index (χ2v) is 7.73. The van der Waals surface area contributed by atoms with Crippen molar-refractivity contribution in [2.75, 3.05) is 7.11 Å². The minimum Gasteiger partial charge on any atom is -0.481 e. The Hall–Kier alpha value is -2.11. The van der Waals surface area contributed by atoms with E-state index in [2.05, 4.69) is 25.9 Å². The number of rotatable bonds is 5.